The molecule has 1 aromatic rings. The predicted molar refractivity (Wildman–Crippen MR) is 61.3 cm³/mol. The molecule has 0 saturated carbocycles. The molecule has 0 aromatic carbocycles. The number of rotatable bonds is 2. The Morgan fingerprint density at radius 1 is 1.60 bits per heavy atom. The van der Waals surface area contributed by atoms with E-state index < -0.39 is 0 Å². The summed E-state index contributed by atoms with van der Waals surface area (Å²) in [4.78, 5) is 0. The lowest BCUT2D eigenvalue weighted by molar-refractivity contribution is 0.505. The molecule has 3 heteroatoms. The Hall–Kier alpha value is -1.51. The number of hydrogen-bond acceptors (Lipinski definition) is 2. The van der Waals surface area contributed by atoms with Gasteiger partial charge in [0.2, 0.25) is 0 Å². The molecule has 2 N–H and O–H groups in total. The lowest BCUT2D eigenvalue weighted by Crippen LogP contribution is -2.06. The first kappa shape index (κ1) is 10.0. The van der Waals surface area contributed by atoms with Gasteiger partial charge in [0.25, 0.3) is 0 Å². The predicted octanol–water partition coefficient (Wildman–Crippen LogP) is 2.18. The van der Waals surface area contributed by atoms with Crippen molar-refractivity contribution in [1.82, 2.24) is 9.78 Å². The number of aryl methyl sites for hydroxylation is 1. The van der Waals surface area contributed by atoms with Crippen molar-refractivity contribution >= 4 is 0 Å². The number of aromatic nitrogens is 2. The van der Waals surface area contributed by atoms with Gasteiger partial charge in [-0.05, 0) is 31.4 Å². The van der Waals surface area contributed by atoms with E-state index in [2.05, 4.69) is 36.4 Å². The normalized spacial score (nSPS) is 21.1. The Kier molecular flexibility index (Phi) is 2.90. The van der Waals surface area contributed by atoms with Gasteiger partial charge in [-0.25, -0.2) is 0 Å². The van der Waals surface area contributed by atoms with Crippen molar-refractivity contribution in [3.8, 4) is 0 Å². The van der Waals surface area contributed by atoms with Crippen LogP contribution in [-0.4, -0.2) is 9.78 Å². The number of hydrogen-bond donors (Lipinski definition) is 1. The highest BCUT2D eigenvalue weighted by Gasteiger charge is 2.09. The van der Waals surface area contributed by atoms with Crippen LogP contribution in [0.25, 0.3) is 0 Å². The van der Waals surface area contributed by atoms with Crippen LogP contribution < -0.4 is 5.73 Å². The topological polar surface area (TPSA) is 43.8 Å². The summed E-state index contributed by atoms with van der Waals surface area (Å²) in [5.41, 5.74) is 7.76. The second-order valence-corrected chi connectivity index (χ2v) is 3.85. The van der Waals surface area contributed by atoms with Crippen molar-refractivity contribution in [1.29, 1.82) is 0 Å². The van der Waals surface area contributed by atoms with Gasteiger partial charge in [-0.3, -0.25) is 4.68 Å². The minimum absolute atomic E-state index is 0.350. The maximum absolute atomic E-state index is 5.75. The van der Waals surface area contributed by atoms with Crippen molar-refractivity contribution < 1.29 is 0 Å². The van der Waals surface area contributed by atoms with Gasteiger partial charge in [0.1, 0.15) is 0 Å². The van der Waals surface area contributed by atoms with Gasteiger partial charge < -0.3 is 5.73 Å². The summed E-state index contributed by atoms with van der Waals surface area (Å²) in [6, 6.07) is 2.43. The quantitative estimate of drug-likeness (QED) is 0.800. The zero-order valence-electron chi connectivity index (χ0n) is 9.06. The maximum Gasteiger partial charge on any atom is 0.0706 e. The van der Waals surface area contributed by atoms with Crippen LogP contribution in [-0.2, 0) is 6.42 Å². The molecule has 2 rings (SSSR count). The van der Waals surface area contributed by atoms with Crippen molar-refractivity contribution in [3.63, 3.8) is 0 Å². The van der Waals surface area contributed by atoms with Crippen LogP contribution in [0, 0.1) is 0 Å². The van der Waals surface area contributed by atoms with E-state index >= 15 is 0 Å². The average Bonchev–Trinajstić information content (AvgIpc) is 2.62. The van der Waals surface area contributed by atoms with Crippen LogP contribution >= 0.6 is 0 Å². The summed E-state index contributed by atoms with van der Waals surface area (Å²) in [6.07, 6.45) is 11.3. The molecule has 1 atom stereocenters. The van der Waals surface area contributed by atoms with Gasteiger partial charge in [-0.1, -0.05) is 19.1 Å². The first-order valence-electron chi connectivity index (χ1n) is 5.47. The number of nitrogens with two attached hydrogens (primary N) is 1. The van der Waals surface area contributed by atoms with E-state index in [0.717, 1.165) is 30.7 Å². The molecule has 0 radical (unpaired) electrons. The van der Waals surface area contributed by atoms with Crippen LogP contribution in [0.1, 0.15) is 31.5 Å². The highest BCUT2D eigenvalue weighted by Crippen LogP contribution is 2.19. The molecule has 1 heterocycles. The lowest BCUT2D eigenvalue weighted by Gasteiger charge is -2.10. The monoisotopic (exact) mass is 203 g/mol. The number of allylic oxidation sites excluding steroid dienone is 3. The molecule has 80 valence electrons. The first-order valence-corrected chi connectivity index (χ1v) is 5.47. The van der Waals surface area contributed by atoms with E-state index in [1.807, 2.05) is 10.8 Å². The molecule has 0 aliphatic heterocycles. The smallest absolute Gasteiger partial charge is 0.0706 e. The standard InChI is InChI=1S/C12H17N3/c1-2-11-8-9-15(14-11)12-5-3-4-10(13)6-7-12/h4,6-9,12H,2-3,5,13H2,1H3. The van der Waals surface area contributed by atoms with Crippen LogP contribution in [0.4, 0.5) is 0 Å². The van der Waals surface area contributed by atoms with Gasteiger partial charge in [0, 0.05) is 11.9 Å². The fourth-order valence-electron chi connectivity index (χ4n) is 1.78. The molecule has 0 amide bonds. The average molecular weight is 203 g/mol. The van der Waals surface area contributed by atoms with E-state index in [-0.39, 0.29) is 0 Å². The van der Waals surface area contributed by atoms with Crippen molar-refractivity contribution in [2.75, 3.05) is 0 Å². The Labute approximate surface area is 90.3 Å². The van der Waals surface area contributed by atoms with Crippen LogP contribution in [0.2, 0.25) is 0 Å². The molecular formula is C12H17N3. The van der Waals surface area contributed by atoms with E-state index in [1.54, 1.807) is 0 Å². The molecule has 1 aliphatic rings. The molecule has 3 nitrogen and oxygen atoms in total. The first-order chi connectivity index (χ1) is 7.29. The van der Waals surface area contributed by atoms with E-state index in [1.165, 1.54) is 0 Å². The molecule has 1 aliphatic carbocycles. The lowest BCUT2D eigenvalue weighted by atomic mass is 10.2. The third kappa shape index (κ3) is 2.29. The third-order valence-electron chi connectivity index (χ3n) is 2.72. The maximum atomic E-state index is 5.75. The van der Waals surface area contributed by atoms with Crippen molar-refractivity contribution in [2.45, 2.75) is 32.2 Å². The third-order valence-corrected chi connectivity index (χ3v) is 2.72. The van der Waals surface area contributed by atoms with Crippen LogP contribution in [0.5, 0.6) is 0 Å². The SMILES string of the molecule is CCc1ccn(C2C=CC(N)=CCC2)n1. The van der Waals surface area contributed by atoms with E-state index in [9.17, 15) is 0 Å². The largest absolute Gasteiger partial charge is 0.399 e. The highest BCUT2D eigenvalue weighted by atomic mass is 15.3. The summed E-state index contributed by atoms with van der Waals surface area (Å²) in [5.74, 6) is 0. The summed E-state index contributed by atoms with van der Waals surface area (Å²) < 4.78 is 2.03. The summed E-state index contributed by atoms with van der Waals surface area (Å²) in [6.45, 7) is 2.12. The summed E-state index contributed by atoms with van der Waals surface area (Å²) in [7, 11) is 0. The Morgan fingerprint density at radius 2 is 2.47 bits per heavy atom. The van der Waals surface area contributed by atoms with Gasteiger partial charge in [0.05, 0.1) is 11.7 Å². The van der Waals surface area contributed by atoms with E-state index in [4.69, 9.17) is 5.73 Å². The van der Waals surface area contributed by atoms with Gasteiger partial charge in [-0.15, -0.1) is 0 Å². The molecular weight excluding hydrogens is 186 g/mol. The molecule has 1 aromatic heterocycles. The minimum Gasteiger partial charge on any atom is -0.399 e. The Morgan fingerprint density at radius 3 is 3.20 bits per heavy atom. The second kappa shape index (κ2) is 4.34. The molecule has 0 spiro atoms. The van der Waals surface area contributed by atoms with Crippen LogP contribution in [0.3, 0.4) is 0 Å². The molecule has 0 saturated heterocycles. The minimum atomic E-state index is 0.350. The highest BCUT2D eigenvalue weighted by molar-refractivity contribution is 5.18. The fraction of sp³-hybridized carbons (Fsp3) is 0.417. The number of nitrogens with zero attached hydrogens (tertiary/aromatic N) is 2. The molecule has 0 bridgehead atoms. The zero-order valence-corrected chi connectivity index (χ0v) is 9.06. The van der Waals surface area contributed by atoms with Gasteiger partial charge >= 0.3 is 0 Å². The Bertz CT molecular complexity index is 387. The summed E-state index contributed by atoms with van der Waals surface area (Å²) >= 11 is 0. The zero-order chi connectivity index (χ0) is 10.7. The second-order valence-electron chi connectivity index (χ2n) is 3.85. The van der Waals surface area contributed by atoms with E-state index in [0.29, 0.717) is 6.04 Å². The van der Waals surface area contributed by atoms with Gasteiger partial charge in [-0.2, -0.15) is 5.10 Å². The molecule has 1 unspecified atom stereocenters. The van der Waals surface area contributed by atoms with Crippen molar-refractivity contribution in [3.05, 3.63) is 41.9 Å². The van der Waals surface area contributed by atoms with Crippen LogP contribution in [0.15, 0.2) is 36.2 Å². The molecule has 15 heavy (non-hydrogen) atoms. The Balaban J connectivity index is 2.14. The van der Waals surface area contributed by atoms with Gasteiger partial charge in [0.15, 0.2) is 0 Å². The fourth-order valence-corrected chi connectivity index (χ4v) is 1.78. The van der Waals surface area contributed by atoms with Crippen molar-refractivity contribution in [2.24, 2.45) is 5.73 Å². The summed E-state index contributed by atoms with van der Waals surface area (Å²) in [5, 5.41) is 4.52. The molecule has 0 fully saturated rings.